The highest BCUT2D eigenvalue weighted by atomic mass is 35.5. The van der Waals surface area contributed by atoms with Crippen molar-refractivity contribution >= 4 is 35.0 Å². The molecule has 1 fully saturated rings. The van der Waals surface area contributed by atoms with Crippen molar-refractivity contribution < 1.29 is 9.59 Å². The number of nitrogens with zero attached hydrogens (tertiary/aromatic N) is 1. The molecule has 146 valence electrons. The Morgan fingerprint density at radius 2 is 1.78 bits per heavy atom. The fraction of sp³-hybridized carbons (Fsp3) is 0.429. The number of hydrogen-bond acceptors (Lipinski definition) is 3. The van der Waals surface area contributed by atoms with Gasteiger partial charge in [-0.05, 0) is 55.3 Å². The van der Waals surface area contributed by atoms with Crippen LogP contribution in [-0.4, -0.2) is 49.9 Å². The van der Waals surface area contributed by atoms with Gasteiger partial charge in [0.25, 0.3) is 5.91 Å². The Hall–Kier alpha value is -2.11. The molecule has 2 amide bonds. The summed E-state index contributed by atoms with van der Waals surface area (Å²) in [6.07, 6.45) is 2.46. The molecule has 2 N–H and O–H groups in total. The van der Waals surface area contributed by atoms with Crippen molar-refractivity contribution in [2.24, 2.45) is 5.92 Å². The van der Waals surface area contributed by atoms with E-state index in [1.54, 1.807) is 0 Å². The first-order chi connectivity index (χ1) is 12.7. The largest absolute Gasteiger partial charge is 0.352 e. The summed E-state index contributed by atoms with van der Waals surface area (Å²) in [5.41, 5.74) is 0.629. The van der Waals surface area contributed by atoms with Gasteiger partial charge in [0, 0.05) is 31.6 Å². The number of amides is 2. The van der Waals surface area contributed by atoms with Crippen molar-refractivity contribution in [2.45, 2.75) is 19.3 Å². The molecule has 2 aromatic carbocycles. The molecule has 1 aliphatic heterocycles. The number of rotatable bonds is 6. The third kappa shape index (κ3) is 5.68. The Labute approximate surface area is 166 Å². The zero-order valence-corrected chi connectivity index (χ0v) is 16.6. The molecule has 0 spiro atoms. The summed E-state index contributed by atoms with van der Waals surface area (Å²) in [5, 5.41) is 8.22. The van der Waals surface area contributed by atoms with Gasteiger partial charge in [-0.25, -0.2) is 0 Å². The van der Waals surface area contributed by atoms with Crippen molar-refractivity contribution in [1.29, 1.82) is 0 Å². The fourth-order valence-electron chi connectivity index (χ4n) is 3.55. The van der Waals surface area contributed by atoms with Crippen LogP contribution in [0.5, 0.6) is 0 Å². The van der Waals surface area contributed by atoms with Crippen LogP contribution in [0.2, 0.25) is 0 Å². The van der Waals surface area contributed by atoms with Crippen LogP contribution in [0.1, 0.15) is 29.6 Å². The molecule has 0 bridgehead atoms. The van der Waals surface area contributed by atoms with E-state index in [2.05, 4.69) is 10.6 Å². The predicted octanol–water partition coefficient (Wildman–Crippen LogP) is 2.84. The Bertz CT molecular complexity index is 773. The molecule has 1 saturated heterocycles. The van der Waals surface area contributed by atoms with Gasteiger partial charge in [-0.15, -0.1) is 12.4 Å². The summed E-state index contributed by atoms with van der Waals surface area (Å²) in [5.74, 6) is 0.666. The number of likely N-dealkylation sites (tertiary alicyclic amines) is 1. The van der Waals surface area contributed by atoms with Gasteiger partial charge in [-0.1, -0.05) is 30.3 Å². The Balaban J connectivity index is 0.00000261. The zero-order chi connectivity index (χ0) is 18.4. The fourth-order valence-corrected chi connectivity index (χ4v) is 3.55. The van der Waals surface area contributed by atoms with Gasteiger partial charge in [-0.2, -0.15) is 0 Å². The second-order valence-corrected chi connectivity index (χ2v) is 6.95. The lowest BCUT2D eigenvalue weighted by Crippen LogP contribution is -2.41. The molecule has 2 aromatic rings. The SMILES string of the molecule is CNCC1CCN(C(=O)CCNC(=O)c2ccc3ccccc3c2)CC1.Cl. The van der Waals surface area contributed by atoms with Gasteiger partial charge < -0.3 is 15.5 Å². The lowest BCUT2D eigenvalue weighted by molar-refractivity contribution is -0.132. The molecular weight excluding hydrogens is 362 g/mol. The van der Waals surface area contributed by atoms with E-state index in [4.69, 9.17) is 0 Å². The summed E-state index contributed by atoms with van der Waals surface area (Å²) in [6.45, 7) is 3.04. The van der Waals surface area contributed by atoms with E-state index in [-0.39, 0.29) is 24.2 Å². The Morgan fingerprint density at radius 1 is 1.07 bits per heavy atom. The second kappa shape index (κ2) is 10.3. The average Bonchev–Trinajstić information content (AvgIpc) is 2.68. The average molecular weight is 390 g/mol. The first-order valence-corrected chi connectivity index (χ1v) is 9.37. The van der Waals surface area contributed by atoms with E-state index in [1.165, 1.54) is 0 Å². The maximum absolute atomic E-state index is 12.3. The van der Waals surface area contributed by atoms with Gasteiger partial charge in [-0.3, -0.25) is 9.59 Å². The topological polar surface area (TPSA) is 61.4 Å². The summed E-state index contributed by atoms with van der Waals surface area (Å²) < 4.78 is 0. The van der Waals surface area contributed by atoms with Crippen LogP contribution in [0.4, 0.5) is 0 Å². The Kier molecular flexibility index (Phi) is 8.07. The van der Waals surface area contributed by atoms with Crippen molar-refractivity contribution in [3.05, 3.63) is 48.0 Å². The molecule has 0 aromatic heterocycles. The highest BCUT2D eigenvalue weighted by Gasteiger charge is 2.22. The quantitative estimate of drug-likeness (QED) is 0.798. The van der Waals surface area contributed by atoms with Crippen molar-refractivity contribution in [3.63, 3.8) is 0 Å². The number of hydrogen-bond donors (Lipinski definition) is 2. The number of piperidine rings is 1. The molecule has 1 heterocycles. The number of fused-ring (bicyclic) bond motifs is 1. The zero-order valence-electron chi connectivity index (χ0n) is 15.7. The molecular formula is C21H28ClN3O2. The number of nitrogens with one attached hydrogen (secondary N) is 2. The molecule has 0 radical (unpaired) electrons. The maximum atomic E-state index is 12.3. The molecule has 0 unspecified atom stereocenters. The van der Waals surface area contributed by atoms with Crippen LogP contribution in [0.3, 0.4) is 0 Å². The predicted molar refractivity (Wildman–Crippen MR) is 111 cm³/mol. The molecule has 3 rings (SSSR count). The van der Waals surface area contributed by atoms with E-state index in [0.717, 1.165) is 43.2 Å². The van der Waals surface area contributed by atoms with Crippen LogP contribution in [0.15, 0.2) is 42.5 Å². The number of carbonyl (C=O) groups is 2. The van der Waals surface area contributed by atoms with Crippen molar-refractivity contribution in [3.8, 4) is 0 Å². The normalized spacial score (nSPS) is 14.6. The lowest BCUT2D eigenvalue weighted by Gasteiger charge is -2.32. The van der Waals surface area contributed by atoms with Gasteiger partial charge in [0.05, 0.1) is 0 Å². The molecule has 0 atom stereocenters. The number of carbonyl (C=O) groups excluding carboxylic acids is 2. The molecule has 1 aliphatic rings. The summed E-state index contributed by atoms with van der Waals surface area (Å²) >= 11 is 0. The van der Waals surface area contributed by atoms with E-state index in [9.17, 15) is 9.59 Å². The molecule has 0 saturated carbocycles. The lowest BCUT2D eigenvalue weighted by atomic mass is 9.96. The van der Waals surface area contributed by atoms with Gasteiger partial charge in [0.2, 0.25) is 5.91 Å². The first kappa shape index (κ1) is 21.2. The standard InChI is InChI=1S/C21H27N3O2.ClH/c1-22-15-16-9-12-24(13-10-16)20(25)8-11-23-21(26)19-7-6-17-4-2-3-5-18(17)14-19;/h2-7,14,16,22H,8-13,15H2,1H3,(H,23,26);1H. The summed E-state index contributed by atoms with van der Waals surface area (Å²) in [4.78, 5) is 26.6. The van der Waals surface area contributed by atoms with Crippen LogP contribution >= 0.6 is 12.4 Å². The molecule has 5 nitrogen and oxygen atoms in total. The van der Waals surface area contributed by atoms with Crippen LogP contribution in [0, 0.1) is 5.92 Å². The highest BCUT2D eigenvalue weighted by molar-refractivity contribution is 5.98. The minimum atomic E-state index is -0.128. The Morgan fingerprint density at radius 3 is 2.48 bits per heavy atom. The highest BCUT2D eigenvalue weighted by Crippen LogP contribution is 2.17. The van der Waals surface area contributed by atoms with Crippen LogP contribution in [0.25, 0.3) is 10.8 Å². The van der Waals surface area contributed by atoms with E-state index in [1.807, 2.05) is 54.4 Å². The second-order valence-electron chi connectivity index (χ2n) is 6.95. The number of halogens is 1. The van der Waals surface area contributed by atoms with Crippen molar-refractivity contribution in [1.82, 2.24) is 15.5 Å². The smallest absolute Gasteiger partial charge is 0.251 e. The van der Waals surface area contributed by atoms with E-state index in [0.29, 0.717) is 24.4 Å². The van der Waals surface area contributed by atoms with Gasteiger partial charge >= 0.3 is 0 Å². The maximum Gasteiger partial charge on any atom is 0.251 e. The van der Waals surface area contributed by atoms with E-state index < -0.39 is 0 Å². The summed E-state index contributed by atoms with van der Waals surface area (Å²) in [6, 6.07) is 13.6. The minimum absolute atomic E-state index is 0. The molecule has 27 heavy (non-hydrogen) atoms. The van der Waals surface area contributed by atoms with E-state index >= 15 is 0 Å². The molecule has 6 heteroatoms. The van der Waals surface area contributed by atoms with Crippen LogP contribution in [-0.2, 0) is 4.79 Å². The molecule has 0 aliphatic carbocycles. The monoisotopic (exact) mass is 389 g/mol. The first-order valence-electron chi connectivity index (χ1n) is 9.37. The minimum Gasteiger partial charge on any atom is -0.352 e. The van der Waals surface area contributed by atoms with Crippen molar-refractivity contribution in [2.75, 3.05) is 33.2 Å². The van der Waals surface area contributed by atoms with Gasteiger partial charge in [0.1, 0.15) is 0 Å². The van der Waals surface area contributed by atoms with Crippen LogP contribution < -0.4 is 10.6 Å². The summed E-state index contributed by atoms with van der Waals surface area (Å²) in [7, 11) is 1.97. The van der Waals surface area contributed by atoms with Gasteiger partial charge in [0.15, 0.2) is 0 Å². The third-order valence-corrected chi connectivity index (χ3v) is 5.10. The third-order valence-electron chi connectivity index (χ3n) is 5.10. The number of benzene rings is 2.